The van der Waals surface area contributed by atoms with E-state index in [0.29, 0.717) is 32.4 Å². The lowest BCUT2D eigenvalue weighted by Gasteiger charge is -2.29. The van der Waals surface area contributed by atoms with E-state index in [4.69, 9.17) is 39.8 Å². The summed E-state index contributed by atoms with van der Waals surface area (Å²) in [4.78, 5) is 14.5. The zero-order valence-corrected chi connectivity index (χ0v) is 16.8. The molecule has 27 heavy (non-hydrogen) atoms. The summed E-state index contributed by atoms with van der Waals surface area (Å²) in [6.07, 6.45) is 7.21. The van der Waals surface area contributed by atoms with Crippen LogP contribution in [0.1, 0.15) is 37.9 Å². The van der Waals surface area contributed by atoms with Gasteiger partial charge in [0.1, 0.15) is 17.2 Å². The minimum Gasteiger partial charge on any atom is -0.457 e. The van der Waals surface area contributed by atoms with Crippen molar-refractivity contribution < 1.29 is 9.21 Å². The number of carbonyl (C=O) groups excluding carboxylic acids is 1. The molecule has 7 heteroatoms. The highest BCUT2D eigenvalue weighted by atomic mass is 35.5. The van der Waals surface area contributed by atoms with E-state index in [-0.39, 0.29) is 11.9 Å². The van der Waals surface area contributed by atoms with E-state index in [0.717, 1.165) is 31.2 Å². The maximum absolute atomic E-state index is 12.8. The standard InChI is InChI=1S/C20H18Cl2N2O2S/c21-15-8-6-12(10-16(15)22)18-9-7-14(26-18)11-17-19(25)24(20(27)23-17)13-4-2-1-3-5-13/h6-11,13H,1-5H2,(H,23,27)/b17-11-. The third-order valence-corrected chi connectivity index (χ3v) is 6.00. The fraction of sp³-hybridized carbons (Fsp3) is 0.300. The number of hydrogen-bond acceptors (Lipinski definition) is 3. The third kappa shape index (κ3) is 3.77. The van der Waals surface area contributed by atoms with Gasteiger partial charge in [-0.05, 0) is 55.4 Å². The van der Waals surface area contributed by atoms with E-state index in [2.05, 4.69) is 5.32 Å². The second-order valence-corrected chi connectivity index (χ2v) is 7.99. The molecule has 1 aliphatic heterocycles. The van der Waals surface area contributed by atoms with Gasteiger partial charge in [-0.3, -0.25) is 9.69 Å². The average molecular weight is 421 g/mol. The number of hydrogen-bond donors (Lipinski definition) is 1. The third-order valence-electron chi connectivity index (χ3n) is 4.97. The Morgan fingerprint density at radius 1 is 1.11 bits per heavy atom. The Balaban J connectivity index is 1.55. The molecule has 2 aromatic rings. The Bertz CT molecular complexity index is 932. The van der Waals surface area contributed by atoms with Gasteiger partial charge in [0.05, 0.1) is 10.0 Å². The number of nitrogens with one attached hydrogen (secondary N) is 1. The largest absolute Gasteiger partial charge is 0.457 e. The first-order valence-electron chi connectivity index (χ1n) is 8.94. The minimum atomic E-state index is -0.0839. The molecule has 0 unspecified atom stereocenters. The first-order valence-corrected chi connectivity index (χ1v) is 10.1. The lowest BCUT2D eigenvalue weighted by atomic mass is 9.94. The van der Waals surface area contributed by atoms with E-state index < -0.39 is 0 Å². The molecule has 2 heterocycles. The zero-order valence-electron chi connectivity index (χ0n) is 14.5. The Morgan fingerprint density at radius 3 is 2.63 bits per heavy atom. The maximum atomic E-state index is 12.8. The summed E-state index contributed by atoms with van der Waals surface area (Å²) in [5.41, 5.74) is 1.26. The predicted molar refractivity (Wildman–Crippen MR) is 112 cm³/mol. The molecule has 0 spiro atoms. The lowest BCUT2D eigenvalue weighted by molar-refractivity contribution is -0.124. The van der Waals surface area contributed by atoms with Crippen molar-refractivity contribution >= 4 is 52.5 Å². The fourth-order valence-corrected chi connectivity index (χ4v) is 4.24. The smallest absolute Gasteiger partial charge is 0.276 e. The number of nitrogens with zero attached hydrogens (tertiary/aromatic N) is 1. The number of thiocarbonyl (C=S) groups is 1. The average Bonchev–Trinajstić information content (AvgIpc) is 3.23. The molecule has 2 aliphatic rings. The van der Waals surface area contributed by atoms with Gasteiger partial charge in [0.2, 0.25) is 0 Å². The Hall–Kier alpha value is -1.82. The van der Waals surface area contributed by atoms with Crippen LogP contribution in [0.5, 0.6) is 0 Å². The predicted octanol–water partition coefficient (Wildman–Crippen LogP) is 5.64. The van der Waals surface area contributed by atoms with Crippen molar-refractivity contribution in [2.45, 2.75) is 38.1 Å². The van der Waals surface area contributed by atoms with Crippen LogP contribution in [-0.2, 0) is 4.79 Å². The van der Waals surface area contributed by atoms with Crippen LogP contribution in [0.15, 0.2) is 40.4 Å². The molecule has 1 aromatic carbocycles. The molecule has 1 saturated heterocycles. The van der Waals surface area contributed by atoms with Crippen LogP contribution in [0.2, 0.25) is 10.0 Å². The van der Waals surface area contributed by atoms with Gasteiger partial charge < -0.3 is 9.73 Å². The summed E-state index contributed by atoms with van der Waals surface area (Å²) in [6, 6.07) is 9.15. The molecular formula is C20H18Cl2N2O2S. The van der Waals surface area contributed by atoms with Gasteiger partial charge in [0.25, 0.3) is 5.91 Å². The number of furan rings is 1. The van der Waals surface area contributed by atoms with E-state index in [1.807, 2.05) is 18.2 Å². The molecule has 0 radical (unpaired) electrons. The number of amides is 1. The van der Waals surface area contributed by atoms with Gasteiger partial charge in [-0.25, -0.2) is 0 Å². The number of carbonyl (C=O) groups is 1. The molecule has 140 valence electrons. The second kappa shape index (κ2) is 7.66. The molecular weight excluding hydrogens is 403 g/mol. The summed E-state index contributed by atoms with van der Waals surface area (Å²) in [5, 5.41) is 4.47. The molecule has 2 fully saturated rings. The highest BCUT2D eigenvalue weighted by molar-refractivity contribution is 7.80. The van der Waals surface area contributed by atoms with Crippen LogP contribution in [-0.4, -0.2) is 22.0 Å². The quantitative estimate of drug-likeness (QED) is 0.514. The maximum Gasteiger partial charge on any atom is 0.276 e. The zero-order chi connectivity index (χ0) is 19.0. The van der Waals surface area contributed by atoms with Gasteiger partial charge >= 0.3 is 0 Å². The molecule has 1 N–H and O–H groups in total. The SMILES string of the molecule is O=C1/C(=C/c2ccc(-c3ccc(Cl)c(Cl)c3)o2)NC(=S)N1C1CCCCC1. The molecule has 4 nitrogen and oxygen atoms in total. The van der Waals surface area contributed by atoms with Gasteiger partial charge in [0, 0.05) is 17.7 Å². The van der Waals surface area contributed by atoms with Gasteiger partial charge in [-0.2, -0.15) is 0 Å². The molecule has 1 aliphatic carbocycles. The number of benzene rings is 1. The molecule has 4 rings (SSSR count). The van der Waals surface area contributed by atoms with E-state index in [1.54, 1.807) is 23.1 Å². The van der Waals surface area contributed by atoms with Gasteiger partial charge in [-0.1, -0.05) is 42.5 Å². The van der Waals surface area contributed by atoms with Crippen LogP contribution < -0.4 is 5.32 Å². The summed E-state index contributed by atoms with van der Waals surface area (Å²) >= 11 is 17.4. The summed E-state index contributed by atoms with van der Waals surface area (Å²) in [6.45, 7) is 0. The molecule has 1 amide bonds. The highest BCUT2D eigenvalue weighted by Gasteiger charge is 2.36. The van der Waals surface area contributed by atoms with Crippen LogP contribution >= 0.6 is 35.4 Å². The van der Waals surface area contributed by atoms with Crippen molar-refractivity contribution in [1.29, 1.82) is 0 Å². The van der Waals surface area contributed by atoms with Crippen LogP contribution in [0.4, 0.5) is 0 Å². The van der Waals surface area contributed by atoms with Crippen molar-refractivity contribution in [2.24, 2.45) is 0 Å². The normalized spacial score (nSPS) is 19.8. The molecule has 0 bridgehead atoms. The van der Waals surface area contributed by atoms with Gasteiger partial charge in [0.15, 0.2) is 5.11 Å². The van der Waals surface area contributed by atoms with Crippen molar-refractivity contribution in [1.82, 2.24) is 10.2 Å². The van der Waals surface area contributed by atoms with Crippen LogP contribution in [0.3, 0.4) is 0 Å². The lowest BCUT2D eigenvalue weighted by Crippen LogP contribution is -2.41. The molecule has 0 atom stereocenters. The van der Waals surface area contributed by atoms with E-state index in [9.17, 15) is 4.79 Å². The molecule has 1 aromatic heterocycles. The Labute approximate surface area is 173 Å². The van der Waals surface area contributed by atoms with E-state index in [1.165, 1.54) is 6.42 Å². The summed E-state index contributed by atoms with van der Waals surface area (Å²) in [7, 11) is 0. The van der Waals surface area contributed by atoms with Crippen LogP contribution in [0, 0.1) is 0 Å². The summed E-state index contributed by atoms with van der Waals surface area (Å²) < 4.78 is 5.86. The Morgan fingerprint density at radius 2 is 1.89 bits per heavy atom. The first kappa shape index (κ1) is 18.5. The van der Waals surface area contributed by atoms with Crippen molar-refractivity contribution in [2.75, 3.05) is 0 Å². The minimum absolute atomic E-state index is 0.0839. The first-order chi connectivity index (χ1) is 13.0. The van der Waals surface area contributed by atoms with Crippen molar-refractivity contribution in [3.05, 3.63) is 51.8 Å². The topological polar surface area (TPSA) is 45.5 Å². The monoisotopic (exact) mass is 420 g/mol. The second-order valence-electron chi connectivity index (χ2n) is 6.79. The molecule has 1 saturated carbocycles. The van der Waals surface area contributed by atoms with Gasteiger partial charge in [-0.15, -0.1) is 0 Å². The van der Waals surface area contributed by atoms with Crippen molar-refractivity contribution in [3.8, 4) is 11.3 Å². The summed E-state index contributed by atoms with van der Waals surface area (Å²) in [5.74, 6) is 1.14. The van der Waals surface area contributed by atoms with Crippen LogP contribution in [0.25, 0.3) is 17.4 Å². The highest BCUT2D eigenvalue weighted by Crippen LogP contribution is 2.31. The fourth-order valence-electron chi connectivity index (χ4n) is 3.60. The number of rotatable bonds is 3. The van der Waals surface area contributed by atoms with E-state index >= 15 is 0 Å². The van der Waals surface area contributed by atoms with Crippen molar-refractivity contribution in [3.63, 3.8) is 0 Å². The number of halogens is 2. The Kier molecular flexibility index (Phi) is 5.26.